The lowest BCUT2D eigenvalue weighted by molar-refractivity contribution is 0.124. The van der Waals surface area contributed by atoms with Crippen molar-refractivity contribution in [3.05, 3.63) is 65.2 Å². The number of hydrogen-bond acceptors (Lipinski definition) is 4. The summed E-state index contributed by atoms with van der Waals surface area (Å²) in [5.41, 5.74) is 8.91. The SMILES string of the molecule is CN(Cc1cccc(C#N)c1)CC(O)c1ccccc1N. The summed E-state index contributed by atoms with van der Waals surface area (Å²) in [7, 11) is 1.93. The lowest BCUT2D eigenvalue weighted by Gasteiger charge is -2.21. The van der Waals surface area contributed by atoms with Crippen LogP contribution in [0.25, 0.3) is 0 Å². The maximum Gasteiger partial charge on any atom is 0.0991 e. The zero-order chi connectivity index (χ0) is 15.2. The van der Waals surface area contributed by atoms with E-state index in [0.717, 1.165) is 11.1 Å². The van der Waals surface area contributed by atoms with Crippen LogP contribution in [0.1, 0.15) is 22.8 Å². The van der Waals surface area contributed by atoms with Crippen molar-refractivity contribution in [3.63, 3.8) is 0 Å². The number of anilines is 1. The van der Waals surface area contributed by atoms with Crippen LogP contribution < -0.4 is 5.73 Å². The van der Waals surface area contributed by atoms with Crippen LogP contribution >= 0.6 is 0 Å². The van der Waals surface area contributed by atoms with Crippen LogP contribution in [0.2, 0.25) is 0 Å². The summed E-state index contributed by atoms with van der Waals surface area (Å²) < 4.78 is 0. The van der Waals surface area contributed by atoms with E-state index in [1.54, 1.807) is 12.1 Å². The molecule has 3 N–H and O–H groups in total. The van der Waals surface area contributed by atoms with Crippen LogP contribution in [-0.2, 0) is 6.54 Å². The predicted molar refractivity (Wildman–Crippen MR) is 83.3 cm³/mol. The predicted octanol–water partition coefficient (Wildman–Crippen LogP) is 2.31. The topological polar surface area (TPSA) is 73.3 Å². The Morgan fingerprint density at radius 3 is 2.71 bits per heavy atom. The number of aliphatic hydroxyl groups is 1. The summed E-state index contributed by atoms with van der Waals surface area (Å²) in [4.78, 5) is 2.01. The zero-order valence-corrected chi connectivity index (χ0v) is 12.0. The molecule has 0 aliphatic carbocycles. The van der Waals surface area contributed by atoms with Crippen molar-refractivity contribution >= 4 is 5.69 Å². The molecule has 21 heavy (non-hydrogen) atoms. The molecule has 1 atom stereocenters. The van der Waals surface area contributed by atoms with Gasteiger partial charge in [0.1, 0.15) is 0 Å². The molecule has 0 fully saturated rings. The van der Waals surface area contributed by atoms with Gasteiger partial charge in [0, 0.05) is 24.3 Å². The van der Waals surface area contributed by atoms with Gasteiger partial charge in [-0.25, -0.2) is 0 Å². The van der Waals surface area contributed by atoms with Gasteiger partial charge in [-0.2, -0.15) is 5.26 Å². The van der Waals surface area contributed by atoms with Gasteiger partial charge in [-0.1, -0.05) is 30.3 Å². The van der Waals surface area contributed by atoms with E-state index in [4.69, 9.17) is 11.0 Å². The summed E-state index contributed by atoms with van der Waals surface area (Å²) in [6.45, 7) is 1.14. The first-order valence-corrected chi connectivity index (χ1v) is 6.80. The molecule has 0 aliphatic rings. The maximum absolute atomic E-state index is 10.3. The minimum absolute atomic E-state index is 0.477. The molecule has 0 spiro atoms. The number of rotatable bonds is 5. The fraction of sp³-hybridized carbons (Fsp3) is 0.235. The minimum atomic E-state index is -0.629. The van der Waals surface area contributed by atoms with Crippen molar-refractivity contribution in [2.24, 2.45) is 0 Å². The van der Waals surface area contributed by atoms with E-state index in [9.17, 15) is 5.11 Å². The maximum atomic E-state index is 10.3. The molecule has 0 bridgehead atoms. The summed E-state index contributed by atoms with van der Waals surface area (Å²) in [5.74, 6) is 0. The zero-order valence-electron chi connectivity index (χ0n) is 12.0. The molecule has 0 radical (unpaired) electrons. The fourth-order valence-corrected chi connectivity index (χ4v) is 2.32. The third kappa shape index (κ3) is 4.06. The van der Waals surface area contributed by atoms with E-state index in [0.29, 0.717) is 24.3 Å². The number of benzene rings is 2. The van der Waals surface area contributed by atoms with Gasteiger partial charge >= 0.3 is 0 Å². The van der Waals surface area contributed by atoms with Crippen LogP contribution in [0, 0.1) is 11.3 Å². The van der Waals surface area contributed by atoms with Gasteiger partial charge in [-0.15, -0.1) is 0 Å². The second-order valence-electron chi connectivity index (χ2n) is 5.15. The largest absolute Gasteiger partial charge is 0.398 e. The first-order valence-electron chi connectivity index (χ1n) is 6.80. The number of para-hydroxylation sites is 1. The van der Waals surface area contributed by atoms with Crippen LogP contribution in [0.3, 0.4) is 0 Å². The number of nitrogen functional groups attached to an aromatic ring is 1. The van der Waals surface area contributed by atoms with Crippen molar-refractivity contribution in [1.82, 2.24) is 4.90 Å². The second-order valence-corrected chi connectivity index (χ2v) is 5.15. The van der Waals surface area contributed by atoms with Gasteiger partial charge in [0.2, 0.25) is 0 Å². The quantitative estimate of drug-likeness (QED) is 0.825. The summed E-state index contributed by atoms with van der Waals surface area (Å²) in [6, 6.07) is 17.0. The van der Waals surface area contributed by atoms with Gasteiger partial charge in [-0.3, -0.25) is 4.90 Å². The molecule has 108 valence electrons. The highest BCUT2D eigenvalue weighted by atomic mass is 16.3. The first-order chi connectivity index (χ1) is 10.1. The molecule has 0 aliphatic heterocycles. The van der Waals surface area contributed by atoms with Crippen LogP contribution in [0.15, 0.2) is 48.5 Å². The molecule has 2 aromatic carbocycles. The van der Waals surface area contributed by atoms with E-state index in [1.807, 2.05) is 48.3 Å². The molecule has 0 heterocycles. The van der Waals surface area contributed by atoms with Gasteiger partial charge in [0.15, 0.2) is 0 Å². The highest BCUT2D eigenvalue weighted by Crippen LogP contribution is 2.21. The molecule has 2 aromatic rings. The fourth-order valence-electron chi connectivity index (χ4n) is 2.32. The molecule has 0 amide bonds. The van der Waals surface area contributed by atoms with Crippen molar-refractivity contribution < 1.29 is 5.11 Å². The normalized spacial score (nSPS) is 12.1. The van der Waals surface area contributed by atoms with Crippen LogP contribution in [0.5, 0.6) is 0 Å². The molecule has 0 aromatic heterocycles. The number of nitrogens with two attached hydrogens (primary N) is 1. The molecule has 4 heteroatoms. The third-order valence-electron chi connectivity index (χ3n) is 3.35. The summed E-state index contributed by atoms with van der Waals surface area (Å²) in [6.07, 6.45) is -0.629. The second kappa shape index (κ2) is 6.89. The van der Waals surface area contributed by atoms with Gasteiger partial charge in [0.05, 0.1) is 17.7 Å². The Morgan fingerprint density at radius 1 is 1.24 bits per heavy atom. The molecule has 0 saturated heterocycles. The Bertz CT molecular complexity index is 648. The molecular formula is C17H19N3O. The Morgan fingerprint density at radius 2 is 2.00 bits per heavy atom. The number of hydrogen-bond donors (Lipinski definition) is 2. The Balaban J connectivity index is 2.00. The monoisotopic (exact) mass is 281 g/mol. The number of likely N-dealkylation sites (N-methyl/N-ethyl adjacent to an activating group) is 1. The average Bonchev–Trinajstić information content (AvgIpc) is 2.47. The molecule has 1 unspecified atom stereocenters. The van der Waals surface area contributed by atoms with Gasteiger partial charge in [-0.05, 0) is 30.8 Å². The number of nitrogens with zero attached hydrogens (tertiary/aromatic N) is 2. The lowest BCUT2D eigenvalue weighted by atomic mass is 10.1. The standard InChI is InChI=1S/C17H19N3O/c1-20(11-14-6-4-5-13(9-14)10-18)12-17(21)15-7-2-3-8-16(15)19/h2-9,17,21H,11-12,19H2,1H3. The smallest absolute Gasteiger partial charge is 0.0991 e. The van der Waals surface area contributed by atoms with Crippen molar-refractivity contribution in [3.8, 4) is 6.07 Å². The Hall–Kier alpha value is -2.35. The summed E-state index contributed by atoms with van der Waals surface area (Å²) >= 11 is 0. The van der Waals surface area contributed by atoms with Gasteiger partial charge < -0.3 is 10.8 Å². The third-order valence-corrected chi connectivity index (χ3v) is 3.35. The van der Waals surface area contributed by atoms with E-state index < -0.39 is 6.10 Å². The Kier molecular flexibility index (Phi) is 4.94. The summed E-state index contributed by atoms with van der Waals surface area (Å²) in [5, 5.41) is 19.2. The highest BCUT2D eigenvalue weighted by molar-refractivity contribution is 5.47. The number of aliphatic hydroxyl groups excluding tert-OH is 1. The Labute approximate surface area is 125 Å². The van der Waals surface area contributed by atoms with Crippen molar-refractivity contribution in [2.45, 2.75) is 12.6 Å². The van der Waals surface area contributed by atoms with Crippen molar-refractivity contribution in [1.29, 1.82) is 5.26 Å². The van der Waals surface area contributed by atoms with E-state index in [-0.39, 0.29) is 0 Å². The van der Waals surface area contributed by atoms with E-state index >= 15 is 0 Å². The van der Waals surface area contributed by atoms with E-state index in [1.165, 1.54) is 0 Å². The van der Waals surface area contributed by atoms with Crippen molar-refractivity contribution in [2.75, 3.05) is 19.3 Å². The average molecular weight is 281 g/mol. The molecule has 4 nitrogen and oxygen atoms in total. The minimum Gasteiger partial charge on any atom is -0.398 e. The van der Waals surface area contributed by atoms with Crippen LogP contribution in [-0.4, -0.2) is 23.6 Å². The molecule has 2 rings (SSSR count). The first kappa shape index (κ1) is 15.0. The molecular weight excluding hydrogens is 262 g/mol. The highest BCUT2D eigenvalue weighted by Gasteiger charge is 2.13. The molecule has 0 saturated carbocycles. The lowest BCUT2D eigenvalue weighted by Crippen LogP contribution is -2.24. The van der Waals surface area contributed by atoms with Crippen LogP contribution in [0.4, 0.5) is 5.69 Å². The van der Waals surface area contributed by atoms with Gasteiger partial charge in [0.25, 0.3) is 0 Å². The van der Waals surface area contributed by atoms with E-state index in [2.05, 4.69) is 6.07 Å². The number of nitriles is 1.